The van der Waals surface area contributed by atoms with Gasteiger partial charge in [-0.25, -0.2) is 0 Å². The maximum atomic E-state index is 12.9. The van der Waals surface area contributed by atoms with Crippen LogP contribution in [0, 0.1) is 5.92 Å². The maximum Gasteiger partial charge on any atom is 0.259 e. The number of aromatic nitrogens is 1. The van der Waals surface area contributed by atoms with Gasteiger partial charge in [0, 0.05) is 40.0 Å². The molecule has 1 atom stereocenters. The van der Waals surface area contributed by atoms with E-state index < -0.39 is 11.8 Å². The number of imide groups is 1. The monoisotopic (exact) mass is 434 g/mol. The zero-order valence-corrected chi connectivity index (χ0v) is 17.4. The smallest absolute Gasteiger partial charge is 0.259 e. The molecule has 5 rings (SSSR count). The number of nitrogens with zero attached hydrogens (tertiary/aromatic N) is 1. The number of rotatable bonds is 4. The quantitative estimate of drug-likeness (QED) is 0.417. The fourth-order valence-corrected chi connectivity index (χ4v) is 4.63. The van der Waals surface area contributed by atoms with Gasteiger partial charge in [0.2, 0.25) is 0 Å². The van der Waals surface area contributed by atoms with Crippen molar-refractivity contribution in [2.45, 2.75) is 13.5 Å². The van der Waals surface area contributed by atoms with E-state index in [-0.39, 0.29) is 29.4 Å². The number of benzene rings is 3. The molecule has 0 fully saturated rings. The highest BCUT2D eigenvalue weighted by Crippen LogP contribution is 2.42. The van der Waals surface area contributed by atoms with E-state index in [4.69, 9.17) is 11.6 Å². The molecule has 7 heteroatoms. The lowest BCUT2D eigenvalue weighted by molar-refractivity contribution is 0.0880. The van der Waals surface area contributed by atoms with Crippen molar-refractivity contribution in [3.05, 3.63) is 64.7 Å². The first kappa shape index (κ1) is 19.6. The molecular formula is C24H19ClN2O4. The SMILES string of the molecule is C[C@@H](CO)Cn1c2ccc(O)cc2c2c3c(c(-c4ccccc4Cl)cc21)C(=O)NC3=O. The van der Waals surface area contributed by atoms with Gasteiger partial charge in [-0.3, -0.25) is 14.9 Å². The lowest BCUT2D eigenvalue weighted by Gasteiger charge is -2.14. The Bertz CT molecular complexity index is 1410. The molecule has 0 radical (unpaired) electrons. The van der Waals surface area contributed by atoms with Crippen LogP contribution in [-0.2, 0) is 6.54 Å². The first-order valence-corrected chi connectivity index (χ1v) is 10.3. The molecule has 156 valence electrons. The summed E-state index contributed by atoms with van der Waals surface area (Å²) in [6, 6.07) is 14.0. The molecule has 1 aliphatic rings. The Kier molecular flexibility index (Phi) is 4.50. The molecule has 0 unspecified atom stereocenters. The van der Waals surface area contributed by atoms with Gasteiger partial charge in [-0.1, -0.05) is 36.7 Å². The summed E-state index contributed by atoms with van der Waals surface area (Å²) in [6.07, 6.45) is 0. The van der Waals surface area contributed by atoms with Crippen molar-refractivity contribution in [3.63, 3.8) is 0 Å². The molecule has 6 nitrogen and oxygen atoms in total. The molecule has 2 amide bonds. The highest BCUT2D eigenvalue weighted by molar-refractivity contribution is 6.36. The Morgan fingerprint density at radius 3 is 2.48 bits per heavy atom. The van der Waals surface area contributed by atoms with Crippen LogP contribution in [0.4, 0.5) is 0 Å². The Labute approximate surface area is 182 Å². The van der Waals surface area contributed by atoms with Crippen molar-refractivity contribution < 1.29 is 19.8 Å². The van der Waals surface area contributed by atoms with E-state index in [0.29, 0.717) is 33.5 Å². The number of carbonyl (C=O) groups excluding carboxylic acids is 2. The number of nitrogens with one attached hydrogen (secondary N) is 1. The molecule has 31 heavy (non-hydrogen) atoms. The molecule has 3 aromatic carbocycles. The summed E-state index contributed by atoms with van der Waals surface area (Å²) in [6.45, 7) is 2.43. The van der Waals surface area contributed by atoms with E-state index in [0.717, 1.165) is 11.0 Å². The summed E-state index contributed by atoms with van der Waals surface area (Å²) in [5, 5.41) is 23.9. The van der Waals surface area contributed by atoms with E-state index in [9.17, 15) is 19.8 Å². The third-order valence-electron chi connectivity index (χ3n) is 5.79. The van der Waals surface area contributed by atoms with Crippen molar-refractivity contribution in [3.8, 4) is 16.9 Å². The number of fused-ring (bicyclic) bond motifs is 5. The van der Waals surface area contributed by atoms with Crippen LogP contribution in [0.1, 0.15) is 27.6 Å². The molecule has 1 aromatic heterocycles. The number of aliphatic hydroxyl groups is 1. The van der Waals surface area contributed by atoms with Gasteiger partial charge >= 0.3 is 0 Å². The van der Waals surface area contributed by atoms with Gasteiger partial charge in [0.1, 0.15) is 5.75 Å². The minimum absolute atomic E-state index is 0.000529. The highest BCUT2D eigenvalue weighted by atomic mass is 35.5. The molecule has 0 aliphatic carbocycles. The Morgan fingerprint density at radius 2 is 1.74 bits per heavy atom. The van der Waals surface area contributed by atoms with Gasteiger partial charge in [0.05, 0.1) is 16.6 Å². The normalized spacial score (nSPS) is 14.3. The lowest BCUT2D eigenvalue weighted by atomic mass is 9.93. The average Bonchev–Trinajstić information content (AvgIpc) is 3.21. The van der Waals surface area contributed by atoms with Gasteiger partial charge in [-0.15, -0.1) is 0 Å². The number of carbonyl (C=O) groups is 2. The van der Waals surface area contributed by atoms with E-state index in [1.165, 1.54) is 0 Å². The fraction of sp³-hybridized carbons (Fsp3) is 0.167. The standard InChI is InChI=1S/C24H19ClN2O4/c1-12(11-28)10-27-18-7-6-13(29)8-16(18)20-19(27)9-15(14-4-2-3-5-17(14)25)21-22(20)24(31)26-23(21)30/h2-9,12,28-29H,10-11H2,1H3,(H,26,30,31)/t12-/m1/s1. The summed E-state index contributed by atoms with van der Waals surface area (Å²) >= 11 is 6.45. The Balaban J connectivity index is 1.98. The van der Waals surface area contributed by atoms with Gasteiger partial charge in [0.15, 0.2) is 0 Å². The van der Waals surface area contributed by atoms with E-state index >= 15 is 0 Å². The van der Waals surface area contributed by atoms with Crippen molar-refractivity contribution in [2.75, 3.05) is 6.61 Å². The van der Waals surface area contributed by atoms with Crippen LogP contribution in [0.15, 0.2) is 48.5 Å². The summed E-state index contributed by atoms with van der Waals surface area (Å²) in [7, 11) is 0. The van der Waals surface area contributed by atoms with Gasteiger partial charge in [0.25, 0.3) is 11.8 Å². The minimum Gasteiger partial charge on any atom is -0.508 e. The molecular weight excluding hydrogens is 416 g/mol. The van der Waals surface area contributed by atoms with Crippen molar-refractivity contribution in [1.29, 1.82) is 0 Å². The zero-order chi connectivity index (χ0) is 21.9. The summed E-state index contributed by atoms with van der Waals surface area (Å²) in [4.78, 5) is 25.7. The second-order valence-electron chi connectivity index (χ2n) is 7.93. The number of phenolic OH excluding ortho intramolecular Hbond substituents is 1. The second kappa shape index (κ2) is 7.11. The molecule has 0 saturated carbocycles. The maximum absolute atomic E-state index is 12.9. The Morgan fingerprint density at radius 1 is 1.00 bits per heavy atom. The van der Waals surface area contributed by atoms with Gasteiger partial charge < -0.3 is 14.8 Å². The highest BCUT2D eigenvalue weighted by Gasteiger charge is 2.35. The van der Waals surface area contributed by atoms with Crippen LogP contribution in [0.3, 0.4) is 0 Å². The predicted octanol–water partition coefficient (Wildman–Crippen LogP) is 4.33. The van der Waals surface area contributed by atoms with Crippen LogP contribution in [0.2, 0.25) is 5.02 Å². The van der Waals surface area contributed by atoms with Crippen LogP contribution >= 0.6 is 11.6 Å². The molecule has 2 heterocycles. The van der Waals surface area contributed by atoms with E-state index in [1.54, 1.807) is 30.3 Å². The Hall–Kier alpha value is -3.35. The number of hydrogen-bond acceptors (Lipinski definition) is 4. The number of amides is 2. The molecule has 1 aliphatic heterocycles. The largest absolute Gasteiger partial charge is 0.508 e. The fourth-order valence-electron chi connectivity index (χ4n) is 4.39. The molecule has 0 spiro atoms. The first-order valence-electron chi connectivity index (χ1n) is 9.94. The van der Waals surface area contributed by atoms with E-state index in [2.05, 4.69) is 5.32 Å². The summed E-state index contributed by atoms with van der Waals surface area (Å²) < 4.78 is 2.02. The van der Waals surface area contributed by atoms with Crippen molar-refractivity contribution in [2.24, 2.45) is 5.92 Å². The molecule has 4 aromatic rings. The zero-order valence-electron chi connectivity index (χ0n) is 16.6. The van der Waals surface area contributed by atoms with Crippen molar-refractivity contribution in [1.82, 2.24) is 9.88 Å². The van der Waals surface area contributed by atoms with Gasteiger partial charge in [-0.2, -0.15) is 0 Å². The molecule has 3 N–H and O–H groups in total. The van der Waals surface area contributed by atoms with Crippen LogP contribution < -0.4 is 5.32 Å². The minimum atomic E-state index is -0.475. The summed E-state index contributed by atoms with van der Waals surface area (Å²) in [5.41, 5.74) is 3.33. The van der Waals surface area contributed by atoms with E-state index in [1.807, 2.05) is 29.7 Å². The number of aliphatic hydroxyl groups excluding tert-OH is 1. The van der Waals surface area contributed by atoms with Crippen molar-refractivity contribution >= 4 is 45.2 Å². The van der Waals surface area contributed by atoms with Crippen LogP contribution in [-0.4, -0.2) is 33.2 Å². The molecule has 0 saturated heterocycles. The third kappa shape index (κ3) is 2.91. The predicted molar refractivity (Wildman–Crippen MR) is 120 cm³/mol. The van der Waals surface area contributed by atoms with Crippen LogP contribution in [0.25, 0.3) is 32.9 Å². The number of halogens is 1. The molecule has 0 bridgehead atoms. The first-order chi connectivity index (χ1) is 14.9. The average molecular weight is 435 g/mol. The lowest BCUT2D eigenvalue weighted by Crippen LogP contribution is -2.20. The number of phenols is 1. The third-order valence-corrected chi connectivity index (χ3v) is 6.12. The van der Waals surface area contributed by atoms with Crippen LogP contribution in [0.5, 0.6) is 5.75 Å². The second-order valence-corrected chi connectivity index (χ2v) is 8.34. The van der Waals surface area contributed by atoms with Gasteiger partial charge in [-0.05, 0) is 41.8 Å². The summed E-state index contributed by atoms with van der Waals surface area (Å²) in [5.74, 6) is -0.923. The number of hydrogen-bond donors (Lipinski definition) is 3. The number of aromatic hydroxyl groups is 1. The topological polar surface area (TPSA) is 91.6 Å².